The van der Waals surface area contributed by atoms with E-state index in [9.17, 15) is 4.39 Å². The summed E-state index contributed by atoms with van der Waals surface area (Å²) in [5.74, 6) is -0.308. The second kappa shape index (κ2) is 5.27. The molecule has 1 aromatic heterocycles. The van der Waals surface area contributed by atoms with Crippen molar-refractivity contribution >= 4 is 0 Å². The SMILES string of the molecule is CNC(c1cc(C)cc(C)c1)c1cncc(F)c1. The van der Waals surface area contributed by atoms with Crippen LogP contribution in [0.15, 0.2) is 36.7 Å². The molecule has 2 aromatic rings. The average molecular weight is 244 g/mol. The molecule has 1 aromatic carbocycles. The van der Waals surface area contributed by atoms with Gasteiger partial charge in [0.2, 0.25) is 0 Å². The molecule has 1 N–H and O–H groups in total. The maximum atomic E-state index is 13.2. The number of aryl methyl sites for hydroxylation is 2. The van der Waals surface area contributed by atoms with Crippen LogP contribution in [-0.4, -0.2) is 12.0 Å². The summed E-state index contributed by atoms with van der Waals surface area (Å²) in [4.78, 5) is 3.91. The summed E-state index contributed by atoms with van der Waals surface area (Å²) >= 11 is 0. The van der Waals surface area contributed by atoms with Crippen LogP contribution in [0.4, 0.5) is 4.39 Å². The number of rotatable bonds is 3. The van der Waals surface area contributed by atoms with E-state index in [0.29, 0.717) is 0 Å². The smallest absolute Gasteiger partial charge is 0.141 e. The van der Waals surface area contributed by atoms with Gasteiger partial charge in [0.15, 0.2) is 0 Å². The number of hydrogen-bond donors (Lipinski definition) is 1. The fourth-order valence-corrected chi connectivity index (χ4v) is 2.29. The Morgan fingerprint density at radius 2 is 1.67 bits per heavy atom. The molecular weight excluding hydrogens is 227 g/mol. The van der Waals surface area contributed by atoms with Crippen molar-refractivity contribution in [2.75, 3.05) is 7.05 Å². The quantitative estimate of drug-likeness (QED) is 0.897. The summed E-state index contributed by atoms with van der Waals surface area (Å²) in [5, 5.41) is 3.21. The number of pyridine rings is 1. The van der Waals surface area contributed by atoms with Gasteiger partial charge >= 0.3 is 0 Å². The van der Waals surface area contributed by atoms with Crippen LogP contribution < -0.4 is 5.32 Å². The van der Waals surface area contributed by atoms with E-state index in [-0.39, 0.29) is 11.9 Å². The van der Waals surface area contributed by atoms with Crippen LogP contribution >= 0.6 is 0 Å². The minimum Gasteiger partial charge on any atom is -0.309 e. The van der Waals surface area contributed by atoms with E-state index >= 15 is 0 Å². The van der Waals surface area contributed by atoms with Gasteiger partial charge in [-0.3, -0.25) is 4.98 Å². The zero-order valence-corrected chi connectivity index (χ0v) is 10.9. The Morgan fingerprint density at radius 1 is 1.00 bits per heavy atom. The first-order valence-corrected chi connectivity index (χ1v) is 5.96. The van der Waals surface area contributed by atoms with E-state index in [2.05, 4.69) is 42.3 Å². The largest absolute Gasteiger partial charge is 0.309 e. The molecule has 2 nitrogen and oxygen atoms in total. The lowest BCUT2D eigenvalue weighted by Gasteiger charge is -2.18. The topological polar surface area (TPSA) is 24.9 Å². The predicted octanol–water partition coefficient (Wildman–Crippen LogP) is 3.15. The minimum absolute atomic E-state index is 0.0354. The van der Waals surface area contributed by atoms with E-state index in [0.717, 1.165) is 11.1 Å². The Hall–Kier alpha value is -1.74. The molecule has 0 saturated carbocycles. The number of nitrogens with one attached hydrogen (secondary N) is 1. The first-order chi connectivity index (χ1) is 8.60. The monoisotopic (exact) mass is 244 g/mol. The van der Waals surface area contributed by atoms with Crippen molar-refractivity contribution in [3.8, 4) is 0 Å². The summed E-state index contributed by atoms with van der Waals surface area (Å²) in [7, 11) is 1.87. The molecule has 18 heavy (non-hydrogen) atoms. The molecule has 94 valence electrons. The normalized spacial score (nSPS) is 12.4. The van der Waals surface area contributed by atoms with Crippen molar-refractivity contribution in [1.82, 2.24) is 10.3 Å². The second-order valence-electron chi connectivity index (χ2n) is 4.58. The van der Waals surface area contributed by atoms with Gasteiger partial charge in [-0.15, -0.1) is 0 Å². The number of benzene rings is 1. The molecule has 0 fully saturated rings. The predicted molar refractivity (Wildman–Crippen MR) is 71.0 cm³/mol. The molecule has 0 aliphatic heterocycles. The molecule has 0 bridgehead atoms. The van der Waals surface area contributed by atoms with Gasteiger partial charge in [-0.2, -0.15) is 0 Å². The highest BCUT2D eigenvalue weighted by Crippen LogP contribution is 2.23. The molecule has 0 spiro atoms. The number of hydrogen-bond acceptors (Lipinski definition) is 2. The summed E-state index contributed by atoms with van der Waals surface area (Å²) < 4.78 is 13.2. The van der Waals surface area contributed by atoms with Gasteiger partial charge in [-0.05, 0) is 38.1 Å². The fraction of sp³-hybridized carbons (Fsp3) is 0.267. The van der Waals surface area contributed by atoms with Crippen molar-refractivity contribution < 1.29 is 4.39 Å². The summed E-state index contributed by atoms with van der Waals surface area (Å²) in [6.45, 7) is 4.13. The molecule has 0 amide bonds. The number of aromatic nitrogens is 1. The maximum Gasteiger partial charge on any atom is 0.141 e. The van der Waals surface area contributed by atoms with Crippen molar-refractivity contribution in [3.63, 3.8) is 0 Å². The third-order valence-electron chi connectivity index (χ3n) is 2.93. The maximum absolute atomic E-state index is 13.2. The van der Waals surface area contributed by atoms with Crippen LogP contribution in [0.1, 0.15) is 28.3 Å². The van der Waals surface area contributed by atoms with Crippen molar-refractivity contribution in [3.05, 3.63) is 64.7 Å². The molecule has 2 rings (SSSR count). The zero-order chi connectivity index (χ0) is 13.1. The Balaban J connectivity index is 2.45. The minimum atomic E-state index is -0.308. The molecular formula is C15H17FN2. The molecule has 1 heterocycles. The standard InChI is InChI=1S/C15H17FN2/c1-10-4-11(2)6-12(5-10)15(17-3)13-7-14(16)9-18-8-13/h4-9,15,17H,1-3H3. The van der Waals surface area contributed by atoms with Crippen molar-refractivity contribution in [2.45, 2.75) is 19.9 Å². The summed E-state index contributed by atoms with van der Waals surface area (Å²) in [6, 6.07) is 7.83. The highest BCUT2D eigenvalue weighted by Gasteiger charge is 2.13. The van der Waals surface area contributed by atoms with Gasteiger partial charge in [-0.25, -0.2) is 4.39 Å². The van der Waals surface area contributed by atoms with Crippen molar-refractivity contribution in [1.29, 1.82) is 0 Å². The van der Waals surface area contributed by atoms with Gasteiger partial charge in [-0.1, -0.05) is 29.3 Å². The Morgan fingerprint density at radius 3 is 2.22 bits per heavy atom. The van der Waals surface area contributed by atoms with Crippen LogP contribution in [0.5, 0.6) is 0 Å². The lowest BCUT2D eigenvalue weighted by Crippen LogP contribution is -2.18. The van der Waals surface area contributed by atoms with E-state index in [1.807, 2.05) is 7.05 Å². The molecule has 0 radical (unpaired) electrons. The number of halogens is 1. The molecule has 0 saturated heterocycles. The van der Waals surface area contributed by atoms with Gasteiger partial charge in [0.05, 0.1) is 12.2 Å². The van der Waals surface area contributed by atoms with E-state index in [1.165, 1.54) is 23.4 Å². The van der Waals surface area contributed by atoms with E-state index in [1.54, 1.807) is 6.20 Å². The van der Waals surface area contributed by atoms with Gasteiger partial charge in [0, 0.05) is 6.20 Å². The number of nitrogens with zero attached hydrogens (tertiary/aromatic N) is 1. The highest BCUT2D eigenvalue weighted by molar-refractivity contribution is 5.36. The van der Waals surface area contributed by atoms with Crippen LogP contribution in [0.25, 0.3) is 0 Å². The first kappa shape index (κ1) is 12.7. The van der Waals surface area contributed by atoms with Crippen molar-refractivity contribution in [2.24, 2.45) is 0 Å². The first-order valence-electron chi connectivity index (χ1n) is 5.96. The van der Waals surface area contributed by atoms with Gasteiger partial charge in [0.25, 0.3) is 0 Å². The lowest BCUT2D eigenvalue weighted by molar-refractivity contribution is 0.608. The van der Waals surface area contributed by atoms with Gasteiger partial charge in [0.1, 0.15) is 5.82 Å². The molecule has 3 heteroatoms. The van der Waals surface area contributed by atoms with Crippen LogP contribution in [0.3, 0.4) is 0 Å². The second-order valence-corrected chi connectivity index (χ2v) is 4.58. The van der Waals surface area contributed by atoms with E-state index in [4.69, 9.17) is 0 Å². The Labute approximate surface area is 107 Å². The Kier molecular flexibility index (Phi) is 3.72. The molecule has 1 unspecified atom stereocenters. The summed E-state index contributed by atoms with van der Waals surface area (Å²) in [5.41, 5.74) is 4.37. The molecule has 0 aliphatic rings. The zero-order valence-electron chi connectivity index (χ0n) is 10.9. The van der Waals surface area contributed by atoms with Gasteiger partial charge < -0.3 is 5.32 Å². The molecule has 0 aliphatic carbocycles. The fourth-order valence-electron chi connectivity index (χ4n) is 2.29. The summed E-state index contributed by atoms with van der Waals surface area (Å²) in [6.07, 6.45) is 2.92. The highest BCUT2D eigenvalue weighted by atomic mass is 19.1. The third-order valence-corrected chi connectivity index (χ3v) is 2.93. The van der Waals surface area contributed by atoms with Crippen LogP contribution in [0, 0.1) is 19.7 Å². The van der Waals surface area contributed by atoms with Crippen LogP contribution in [0.2, 0.25) is 0 Å². The lowest BCUT2D eigenvalue weighted by atomic mass is 9.97. The average Bonchev–Trinajstić information content (AvgIpc) is 2.28. The Bertz CT molecular complexity index is 532. The third kappa shape index (κ3) is 2.74. The molecule has 1 atom stereocenters. The van der Waals surface area contributed by atoms with E-state index < -0.39 is 0 Å². The van der Waals surface area contributed by atoms with Crippen LogP contribution in [-0.2, 0) is 0 Å².